The number of allylic oxidation sites excluding steroid dienone is 3. The van der Waals surface area contributed by atoms with Crippen molar-refractivity contribution in [1.82, 2.24) is 5.32 Å². The molecule has 0 aliphatic carbocycles. The summed E-state index contributed by atoms with van der Waals surface area (Å²) in [6.45, 7) is 22.9. The summed E-state index contributed by atoms with van der Waals surface area (Å²) in [6, 6.07) is 9.29. The lowest BCUT2D eigenvalue weighted by Crippen LogP contribution is -2.08. The van der Waals surface area contributed by atoms with Gasteiger partial charge in [-0.05, 0) is 74.4 Å². The van der Waals surface area contributed by atoms with Crippen LogP contribution in [0.25, 0.3) is 11.6 Å². The highest BCUT2D eigenvalue weighted by molar-refractivity contribution is 7.78. The maximum absolute atomic E-state index is 13.2. The van der Waals surface area contributed by atoms with Crippen molar-refractivity contribution < 1.29 is 17.6 Å². The van der Waals surface area contributed by atoms with Crippen molar-refractivity contribution in [2.24, 2.45) is 0 Å². The van der Waals surface area contributed by atoms with Crippen LogP contribution in [0.2, 0.25) is 0 Å². The van der Waals surface area contributed by atoms with Gasteiger partial charge in [0.2, 0.25) is 0 Å². The fraction of sp³-hybridized carbons (Fsp3) is 0.387. The molecule has 0 fully saturated rings. The molecule has 0 saturated heterocycles. The standard InChI is InChI=1S/C13H16.C12H12F4.C4H9NS.C2H6/c1-5-7-13-11(4)8-6-9-12(13)10(2)3;1-3-8(2)6-9-4-5-10(11(13)7-9)12(14,15)16;1-2-3-5-4-6;1-2/h5-9H,2H2,1,3-4H3;4-5,7H,2-3,6H2,1H3;4H,2-3H2,1H3,(H,5,6);1-2H3/b7-5-;;;. The monoisotopic (exact) mass is 537 g/mol. The number of benzene rings is 2. The third-order valence-corrected chi connectivity index (χ3v) is 5.05. The fourth-order valence-corrected chi connectivity index (χ4v) is 3.07. The van der Waals surface area contributed by atoms with Gasteiger partial charge in [-0.3, -0.25) is 0 Å². The van der Waals surface area contributed by atoms with Crippen molar-refractivity contribution in [2.75, 3.05) is 6.54 Å². The minimum Gasteiger partial charge on any atom is -0.382 e. The Hall–Kier alpha value is -2.73. The van der Waals surface area contributed by atoms with Gasteiger partial charge in [0, 0.05) is 6.54 Å². The third-order valence-electron chi connectivity index (χ3n) is 4.89. The van der Waals surface area contributed by atoms with Gasteiger partial charge < -0.3 is 5.32 Å². The van der Waals surface area contributed by atoms with Crippen molar-refractivity contribution >= 4 is 29.4 Å². The van der Waals surface area contributed by atoms with Gasteiger partial charge in [-0.15, -0.1) is 0 Å². The molecule has 0 atom stereocenters. The molecule has 206 valence electrons. The molecule has 0 bridgehead atoms. The molecular weight excluding hydrogens is 494 g/mol. The van der Waals surface area contributed by atoms with Gasteiger partial charge >= 0.3 is 6.18 Å². The number of hydrogen-bond acceptors (Lipinski definition) is 1. The Bertz CT molecular complexity index is 991. The summed E-state index contributed by atoms with van der Waals surface area (Å²) in [5.41, 5.74) is 6.66. The van der Waals surface area contributed by atoms with Gasteiger partial charge in [-0.2, -0.15) is 13.2 Å². The maximum Gasteiger partial charge on any atom is 0.419 e. The number of halogens is 4. The number of rotatable bonds is 8. The van der Waals surface area contributed by atoms with Gasteiger partial charge in [0.15, 0.2) is 0 Å². The van der Waals surface area contributed by atoms with Crippen molar-refractivity contribution in [1.29, 1.82) is 0 Å². The Morgan fingerprint density at radius 3 is 2.11 bits per heavy atom. The summed E-state index contributed by atoms with van der Waals surface area (Å²) >= 11 is 4.48. The topological polar surface area (TPSA) is 12.0 Å². The molecular formula is C31H43F4NS. The quantitative estimate of drug-likeness (QED) is 0.156. The first-order valence-electron chi connectivity index (χ1n) is 12.5. The summed E-state index contributed by atoms with van der Waals surface area (Å²) in [7, 11) is 0. The number of aryl methyl sites for hydroxylation is 1. The molecule has 0 radical (unpaired) electrons. The van der Waals surface area contributed by atoms with Crippen molar-refractivity contribution in [3.63, 3.8) is 0 Å². The molecule has 0 aromatic heterocycles. The average Bonchev–Trinajstić information content (AvgIpc) is 2.85. The Morgan fingerprint density at radius 1 is 1.08 bits per heavy atom. The molecule has 0 spiro atoms. The molecule has 1 nitrogen and oxygen atoms in total. The van der Waals surface area contributed by atoms with E-state index in [0.717, 1.165) is 42.7 Å². The van der Waals surface area contributed by atoms with Crippen LogP contribution in [0.4, 0.5) is 17.6 Å². The van der Waals surface area contributed by atoms with E-state index in [1.807, 2.05) is 34.6 Å². The zero-order valence-corrected chi connectivity index (χ0v) is 24.2. The highest BCUT2D eigenvalue weighted by Crippen LogP contribution is 2.31. The van der Waals surface area contributed by atoms with Gasteiger partial charge in [0.05, 0.1) is 11.1 Å². The lowest BCUT2D eigenvalue weighted by molar-refractivity contribution is -0.140. The number of thiocarbonyl (C=S) groups is 1. The molecule has 0 saturated carbocycles. The lowest BCUT2D eigenvalue weighted by atomic mass is 9.97. The third kappa shape index (κ3) is 15.2. The largest absolute Gasteiger partial charge is 0.419 e. The van der Waals surface area contributed by atoms with Gasteiger partial charge in [-0.1, -0.05) is 101 Å². The van der Waals surface area contributed by atoms with E-state index in [2.05, 4.69) is 74.9 Å². The molecule has 6 heteroatoms. The molecule has 0 aliphatic rings. The van der Waals surface area contributed by atoms with E-state index < -0.39 is 17.6 Å². The lowest BCUT2D eigenvalue weighted by Gasteiger charge is -2.09. The van der Waals surface area contributed by atoms with E-state index in [-0.39, 0.29) is 0 Å². The Morgan fingerprint density at radius 2 is 1.70 bits per heavy atom. The first-order valence-corrected chi connectivity index (χ1v) is 13.0. The number of hydrogen-bond donors (Lipinski definition) is 1. The second-order valence-corrected chi connectivity index (χ2v) is 8.22. The zero-order valence-electron chi connectivity index (χ0n) is 23.4. The summed E-state index contributed by atoms with van der Waals surface area (Å²) in [6.07, 6.45) is 1.85. The Kier molecular flexibility index (Phi) is 20.0. The first kappa shape index (κ1) is 36.4. The molecule has 0 heterocycles. The Labute approximate surface area is 227 Å². The van der Waals surface area contributed by atoms with E-state index in [4.69, 9.17) is 0 Å². The molecule has 2 rings (SSSR count). The smallest absolute Gasteiger partial charge is 0.382 e. The highest BCUT2D eigenvalue weighted by atomic mass is 32.1. The minimum absolute atomic E-state index is 0.408. The van der Waals surface area contributed by atoms with Crippen LogP contribution in [0.5, 0.6) is 0 Å². The Balaban J connectivity index is 0. The second-order valence-electron chi connectivity index (χ2n) is 7.98. The molecule has 1 N–H and O–H groups in total. The molecule has 0 amide bonds. The summed E-state index contributed by atoms with van der Waals surface area (Å²) in [5.74, 6) is -1.23. The molecule has 2 aromatic carbocycles. The van der Waals surface area contributed by atoms with Crippen LogP contribution >= 0.6 is 12.2 Å². The van der Waals surface area contributed by atoms with Crippen LogP contribution in [0.3, 0.4) is 0 Å². The van der Waals surface area contributed by atoms with Crippen molar-refractivity contribution in [2.45, 2.75) is 73.9 Å². The summed E-state index contributed by atoms with van der Waals surface area (Å²) in [4.78, 5) is 0. The number of alkyl halides is 3. The molecule has 2 aromatic rings. The van der Waals surface area contributed by atoms with E-state index >= 15 is 0 Å². The predicted molar refractivity (Wildman–Crippen MR) is 158 cm³/mol. The fourth-order valence-electron chi connectivity index (χ4n) is 2.96. The first-order chi connectivity index (χ1) is 17.4. The van der Waals surface area contributed by atoms with Crippen molar-refractivity contribution in [3.8, 4) is 0 Å². The highest BCUT2D eigenvalue weighted by Gasteiger charge is 2.33. The zero-order chi connectivity index (χ0) is 29.0. The van der Waals surface area contributed by atoms with Crippen LogP contribution < -0.4 is 5.32 Å². The van der Waals surface area contributed by atoms with Gasteiger partial charge in [-0.25, -0.2) is 4.39 Å². The van der Waals surface area contributed by atoms with E-state index in [1.165, 1.54) is 22.8 Å². The maximum atomic E-state index is 13.2. The SMILES string of the molecule is C=C(C)c1cccc(C)c1/C=C\C.C=C(CC)Cc1ccc(C(F)(F)F)c(F)c1.CC.CCCNC=S. The van der Waals surface area contributed by atoms with Gasteiger partial charge in [0.1, 0.15) is 5.82 Å². The van der Waals surface area contributed by atoms with E-state index in [1.54, 1.807) is 5.49 Å². The normalized spacial score (nSPS) is 10.1. The van der Waals surface area contributed by atoms with Crippen molar-refractivity contribution in [3.05, 3.63) is 94.8 Å². The average molecular weight is 538 g/mol. The van der Waals surface area contributed by atoms with Crippen LogP contribution in [0, 0.1) is 12.7 Å². The summed E-state index contributed by atoms with van der Waals surface area (Å²) in [5, 5.41) is 2.89. The van der Waals surface area contributed by atoms with Crippen LogP contribution in [-0.2, 0) is 12.6 Å². The molecule has 37 heavy (non-hydrogen) atoms. The van der Waals surface area contributed by atoms with Crippen LogP contribution in [-0.4, -0.2) is 12.0 Å². The molecule has 0 unspecified atom stereocenters. The van der Waals surface area contributed by atoms with E-state index in [0.29, 0.717) is 12.0 Å². The minimum atomic E-state index is -4.63. The molecule has 0 aliphatic heterocycles. The predicted octanol–water partition coefficient (Wildman–Crippen LogP) is 10.4. The van der Waals surface area contributed by atoms with Crippen LogP contribution in [0.1, 0.15) is 82.2 Å². The van der Waals surface area contributed by atoms with E-state index in [9.17, 15) is 17.6 Å². The summed E-state index contributed by atoms with van der Waals surface area (Å²) < 4.78 is 49.9. The van der Waals surface area contributed by atoms with Gasteiger partial charge in [0.25, 0.3) is 0 Å². The second kappa shape index (κ2) is 20.3. The number of nitrogens with one attached hydrogen (secondary N) is 1. The van der Waals surface area contributed by atoms with Crippen LogP contribution in [0.15, 0.2) is 61.2 Å².